The third-order valence-electron chi connectivity index (χ3n) is 4.67. The molecular weight excluding hydrogens is 300 g/mol. The van der Waals surface area contributed by atoms with Gasteiger partial charge in [-0.1, -0.05) is 0 Å². The lowest BCUT2D eigenvalue weighted by Crippen LogP contribution is -2.42. The molecule has 5 nitrogen and oxygen atoms in total. The van der Waals surface area contributed by atoms with Gasteiger partial charge < -0.3 is 10.2 Å². The highest BCUT2D eigenvalue weighted by Crippen LogP contribution is 2.19. The van der Waals surface area contributed by atoms with Gasteiger partial charge >= 0.3 is 0 Å². The number of piperidine rings is 1. The first kappa shape index (κ1) is 16.7. The molecule has 1 atom stereocenters. The van der Waals surface area contributed by atoms with Gasteiger partial charge in [-0.2, -0.15) is 5.10 Å². The molecule has 1 aliphatic heterocycles. The molecule has 0 spiro atoms. The third kappa shape index (κ3) is 3.51. The molecule has 0 saturated carbocycles. The van der Waals surface area contributed by atoms with Gasteiger partial charge in [-0.3, -0.25) is 4.79 Å². The van der Waals surface area contributed by atoms with Crippen LogP contribution in [0, 0.1) is 19.8 Å². The van der Waals surface area contributed by atoms with Crippen molar-refractivity contribution in [3.8, 4) is 5.69 Å². The van der Waals surface area contributed by atoms with Crippen molar-refractivity contribution >= 4 is 5.91 Å². The smallest absolute Gasteiger partial charge is 0.253 e. The first-order valence-corrected chi connectivity index (χ1v) is 8.66. The van der Waals surface area contributed by atoms with Crippen molar-refractivity contribution in [2.45, 2.75) is 26.7 Å². The second-order valence-electron chi connectivity index (χ2n) is 6.70. The summed E-state index contributed by atoms with van der Waals surface area (Å²) >= 11 is 0. The van der Waals surface area contributed by atoms with Crippen molar-refractivity contribution in [1.82, 2.24) is 20.0 Å². The minimum atomic E-state index is 0.135. The molecule has 5 heteroatoms. The van der Waals surface area contributed by atoms with E-state index in [2.05, 4.69) is 16.5 Å². The summed E-state index contributed by atoms with van der Waals surface area (Å²) in [6.07, 6.45) is 2.28. The quantitative estimate of drug-likeness (QED) is 0.939. The molecule has 1 aromatic heterocycles. The van der Waals surface area contributed by atoms with Crippen LogP contribution in [0.1, 0.15) is 34.6 Å². The fourth-order valence-corrected chi connectivity index (χ4v) is 3.52. The molecule has 1 aliphatic rings. The summed E-state index contributed by atoms with van der Waals surface area (Å²) in [7, 11) is 1.97. The van der Waals surface area contributed by atoms with Crippen molar-refractivity contribution in [2.75, 3.05) is 26.7 Å². The van der Waals surface area contributed by atoms with Crippen molar-refractivity contribution in [3.63, 3.8) is 0 Å². The number of nitrogens with one attached hydrogen (secondary N) is 1. The summed E-state index contributed by atoms with van der Waals surface area (Å²) < 4.78 is 1.91. The summed E-state index contributed by atoms with van der Waals surface area (Å²) in [5.41, 5.74) is 3.84. The molecule has 2 heterocycles. The monoisotopic (exact) mass is 326 g/mol. The van der Waals surface area contributed by atoms with Crippen LogP contribution in [0.2, 0.25) is 0 Å². The van der Waals surface area contributed by atoms with E-state index in [-0.39, 0.29) is 5.91 Å². The van der Waals surface area contributed by atoms with Crippen LogP contribution in [0.5, 0.6) is 0 Å². The Morgan fingerprint density at radius 3 is 2.67 bits per heavy atom. The molecule has 0 radical (unpaired) electrons. The van der Waals surface area contributed by atoms with Crippen molar-refractivity contribution < 1.29 is 4.79 Å². The molecule has 0 bridgehead atoms. The van der Waals surface area contributed by atoms with Crippen LogP contribution in [0.4, 0.5) is 0 Å². The Balaban J connectivity index is 1.73. The Morgan fingerprint density at radius 1 is 1.29 bits per heavy atom. The normalized spacial score (nSPS) is 18.0. The number of aryl methyl sites for hydroxylation is 2. The minimum absolute atomic E-state index is 0.135. The first-order valence-electron chi connectivity index (χ1n) is 8.66. The molecule has 0 aliphatic carbocycles. The largest absolute Gasteiger partial charge is 0.338 e. The number of nitrogens with zero attached hydrogens (tertiary/aromatic N) is 3. The van der Waals surface area contributed by atoms with Gasteiger partial charge in [0.2, 0.25) is 0 Å². The molecular formula is C19H26N4O. The highest BCUT2D eigenvalue weighted by atomic mass is 16.2. The van der Waals surface area contributed by atoms with E-state index in [1.165, 1.54) is 6.42 Å². The minimum Gasteiger partial charge on any atom is -0.338 e. The van der Waals surface area contributed by atoms with E-state index in [1.807, 2.05) is 54.7 Å². The second kappa shape index (κ2) is 7.18. The maximum absolute atomic E-state index is 12.8. The van der Waals surface area contributed by atoms with Crippen molar-refractivity contribution in [3.05, 3.63) is 47.3 Å². The molecule has 1 N–H and O–H groups in total. The fraction of sp³-hybridized carbons (Fsp3) is 0.474. The third-order valence-corrected chi connectivity index (χ3v) is 4.67. The zero-order valence-corrected chi connectivity index (χ0v) is 14.7. The van der Waals surface area contributed by atoms with E-state index < -0.39 is 0 Å². The molecule has 1 aromatic carbocycles. The average Bonchev–Trinajstić information content (AvgIpc) is 2.93. The molecule has 2 aromatic rings. The van der Waals surface area contributed by atoms with Gasteiger partial charge in [0.05, 0.1) is 11.4 Å². The van der Waals surface area contributed by atoms with Crippen LogP contribution in [-0.4, -0.2) is 47.3 Å². The number of carbonyl (C=O) groups is 1. The fourth-order valence-electron chi connectivity index (χ4n) is 3.52. The maximum Gasteiger partial charge on any atom is 0.253 e. The Hall–Kier alpha value is -2.14. The van der Waals surface area contributed by atoms with Crippen LogP contribution >= 0.6 is 0 Å². The van der Waals surface area contributed by atoms with E-state index in [4.69, 9.17) is 0 Å². The van der Waals surface area contributed by atoms with Crippen molar-refractivity contribution in [2.24, 2.45) is 5.92 Å². The zero-order valence-electron chi connectivity index (χ0n) is 14.7. The molecule has 1 amide bonds. The summed E-state index contributed by atoms with van der Waals surface area (Å²) in [5.74, 6) is 0.692. The van der Waals surface area contributed by atoms with Crippen LogP contribution in [0.3, 0.4) is 0 Å². The van der Waals surface area contributed by atoms with Gasteiger partial charge in [-0.25, -0.2) is 4.68 Å². The molecule has 1 fully saturated rings. The van der Waals surface area contributed by atoms with Gasteiger partial charge in [0.15, 0.2) is 0 Å². The van der Waals surface area contributed by atoms with E-state index in [1.54, 1.807) is 0 Å². The maximum atomic E-state index is 12.8. The molecule has 1 saturated heterocycles. The van der Waals surface area contributed by atoms with E-state index in [0.29, 0.717) is 5.92 Å². The SMILES string of the molecule is CNCC1CCCN(C(=O)c2ccc(-n3nc(C)cc3C)cc2)C1. The topological polar surface area (TPSA) is 50.2 Å². The van der Waals surface area contributed by atoms with Gasteiger partial charge in [0, 0.05) is 24.3 Å². The highest BCUT2D eigenvalue weighted by molar-refractivity contribution is 5.94. The van der Waals surface area contributed by atoms with Crippen molar-refractivity contribution in [1.29, 1.82) is 0 Å². The average molecular weight is 326 g/mol. The predicted octanol–water partition coefficient (Wildman–Crippen LogP) is 2.56. The van der Waals surface area contributed by atoms with Gasteiger partial charge in [-0.15, -0.1) is 0 Å². The number of aromatic nitrogens is 2. The Bertz CT molecular complexity index is 703. The summed E-state index contributed by atoms with van der Waals surface area (Å²) in [5, 5.41) is 7.71. The summed E-state index contributed by atoms with van der Waals surface area (Å²) in [6.45, 7) is 6.70. The molecule has 128 valence electrons. The number of amides is 1. The second-order valence-corrected chi connectivity index (χ2v) is 6.70. The lowest BCUT2D eigenvalue weighted by molar-refractivity contribution is 0.0674. The molecule has 1 unspecified atom stereocenters. The van der Waals surface area contributed by atoms with Crippen LogP contribution in [0.25, 0.3) is 5.69 Å². The summed E-state index contributed by atoms with van der Waals surface area (Å²) in [4.78, 5) is 14.7. The number of rotatable bonds is 4. The van der Waals surface area contributed by atoms with E-state index in [0.717, 1.165) is 48.7 Å². The zero-order chi connectivity index (χ0) is 17.1. The van der Waals surface area contributed by atoms with E-state index >= 15 is 0 Å². The van der Waals surface area contributed by atoms with Gasteiger partial charge in [-0.05, 0) is 76.5 Å². The Labute approximate surface area is 143 Å². The Morgan fingerprint density at radius 2 is 2.04 bits per heavy atom. The van der Waals surface area contributed by atoms with Gasteiger partial charge in [0.25, 0.3) is 5.91 Å². The number of hydrogen-bond donors (Lipinski definition) is 1. The summed E-state index contributed by atoms with van der Waals surface area (Å²) in [6, 6.07) is 9.82. The number of likely N-dealkylation sites (tertiary alicyclic amines) is 1. The highest BCUT2D eigenvalue weighted by Gasteiger charge is 2.24. The van der Waals surface area contributed by atoms with E-state index in [9.17, 15) is 4.79 Å². The van der Waals surface area contributed by atoms with Crippen LogP contribution in [0.15, 0.2) is 30.3 Å². The number of carbonyl (C=O) groups excluding carboxylic acids is 1. The predicted molar refractivity (Wildman–Crippen MR) is 95.6 cm³/mol. The standard InChI is InChI=1S/C19H26N4O/c1-14-11-15(2)23(21-14)18-8-6-17(7-9-18)19(24)22-10-4-5-16(13-22)12-20-3/h6-9,11,16,20H,4-5,10,12-13H2,1-3H3. The lowest BCUT2D eigenvalue weighted by Gasteiger charge is -2.32. The first-order chi connectivity index (χ1) is 11.6. The number of hydrogen-bond acceptors (Lipinski definition) is 3. The lowest BCUT2D eigenvalue weighted by atomic mass is 9.97. The molecule has 24 heavy (non-hydrogen) atoms. The van der Waals surface area contributed by atoms with Gasteiger partial charge in [0.1, 0.15) is 0 Å². The molecule has 3 rings (SSSR count). The Kier molecular flexibility index (Phi) is 5.00. The van der Waals surface area contributed by atoms with Crippen LogP contribution in [-0.2, 0) is 0 Å². The number of benzene rings is 1. The van der Waals surface area contributed by atoms with Crippen LogP contribution < -0.4 is 5.32 Å².